The second-order valence-electron chi connectivity index (χ2n) is 8.95. The molecule has 1 aliphatic rings. The number of carbonyl (C=O) groups is 1. The number of aromatic amines is 1. The number of rotatable bonds is 5. The molecule has 1 aliphatic heterocycles. The minimum atomic E-state index is -1.48. The van der Waals surface area contributed by atoms with Gasteiger partial charge in [0.15, 0.2) is 23.3 Å². The van der Waals surface area contributed by atoms with Crippen LogP contribution in [0.3, 0.4) is 0 Å². The Bertz CT molecular complexity index is 1580. The van der Waals surface area contributed by atoms with E-state index in [0.29, 0.717) is 34.7 Å². The maximum atomic E-state index is 14.2. The number of fused-ring (bicyclic) bond motifs is 2. The van der Waals surface area contributed by atoms with Crippen molar-refractivity contribution in [2.24, 2.45) is 7.05 Å². The first-order valence-electron chi connectivity index (χ1n) is 11.1. The highest BCUT2D eigenvalue weighted by atomic mass is 19.2. The van der Waals surface area contributed by atoms with Crippen LogP contribution in [0.2, 0.25) is 0 Å². The lowest BCUT2D eigenvalue weighted by molar-refractivity contribution is 0.0816. The van der Waals surface area contributed by atoms with Crippen LogP contribution < -0.4 is 10.9 Å². The Kier molecular flexibility index (Phi) is 5.57. The van der Waals surface area contributed by atoms with Gasteiger partial charge in [0, 0.05) is 50.1 Å². The summed E-state index contributed by atoms with van der Waals surface area (Å²) < 4.78 is 57.3. The highest BCUT2D eigenvalue weighted by Crippen LogP contribution is 2.32. The third-order valence-electron chi connectivity index (χ3n) is 6.39. The molecule has 0 aliphatic carbocycles. The molecule has 0 saturated heterocycles. The van der Waals surface area contributed by atoms with E-state index in [0.717, 1.165) is 5.56 Å². The van der Waals surface area contributed by atoms with Gasteiger partial charge in [0.25, 0.3) is 11.5 Å². The number of pyridine rings is 1. The Morgan fingerprint density at radius 3 is 2.47 bits per heavy atom. The maximum Gasteiger partial charge on any atom is 0.261 e. The lowest BCUT2D eigenvalue weighted by Gasteiger charge is -2.18. The van der Waals surface area contributed by atoms with Crippen molar-refractivity contribution in [2.75, 3.05) is 12.4 Å². The average molecular weight is 499 g/mol. The Balaban J connectivity index is 1.53. The van der Waals surface area contributed by atoms with Crippen LogP contribution in [0.5, 0.6) is 0 Å². The zero-order chi connectivity index (χ0) is 25.9. The quantitative estimate of drug-likeness (QED) is 0.320. The number of aromatic nitrogens is 3. The minimum Gasteiger partial charge on any atom is -0.381 e. The van der Waals surface area contributed by atoms with Gasteiger partial charge in [0.1, 0.15) is 11.4 Å². The van der Waals surface area contributed by atoms with Crippen LogP contribution in [0.15, 0.2) is 35.3 Å². The number of anilines is 1. The van der Waals surface area contributed by atoms with Crippen LogP contribution in [0.4, 0.5) is 23.2 Å². The number of carbonyl (C=O) groups excluding carboxylic acids is 1. The van der Waals surface area contributed by atoms with E-state index in [9.17, 15) is 27.2 Å². The third-order valence-corrected chi connectivity index (χ3v) is 6.39. The van der Waals surface area contributed by atoms with E-state index in [2.05, 4.69) is 15.3 Å². The number of nitrogens with one attached hydrogen (secondary N) is 2. The van der Waals surface area contributed by atoms with E-state index in [-0.39, 0.29) is 24.0 Å². The van der Waals surface area contributed by atoms with Crippen LogP contribution in [0, 0.1) is 23.3 Å². The van der Waals surface area contributed by atoms with Crippen LogP contribution in [-0.4, -0.2) is 38.4 Å². The van der Waals surface area contributed by atoms with Crippen molar-refractivity contribution < 1.29 is 22.4 Å². The molecule has 0 bridgehead atoms. The normalized spacial score (nSPS) is 14.0. The molecule has 1 amide bonds. The van der Waals surface area contributed by atoms with Gasteiger partial charge in [0.05, 0.1) is 16.7 Å². The number of H-pyrrole nitrogens is 1. The second-order valence-corrected chi connectivity index (χ2v) is 8.95. The number of hydrogen-bond donors (Lipinski definition) is 2. The van der Waals surface area contributed by atoms with Gasteiger partial charge in [0.2, 0.25) is 0 Å². The number of amides is 1. The predicted octanol–water partition coefficient (Wildman–Crippen LogP) is 4.11. The Morgan fingerprint density at radius 2 is 1.78 bits per heavy atom. The second kappa shape index (κ2) is 8.51. The molecule has 0 spiro atoms. The zero-order valence-electron chi connectivity index (χ0n) is 19.5. The van der Waals surface area contributed by atoms with Gasteiger partial charge >= 0.3 is 0 Å². The van der Waals surface area contributed by atoms with Crippen LogP contribution in [0.25, 0.3) is 22.4 Å². The van der Waals surface area contributed by atoms with Gasteiger partial charge in [-0.25, -0.2) is 22.5 Å². The highest BCUT2D eigenvalue weighted by Gasteiger charge is 2.27. The summed E-state index contributed by atoms with van der Waals surface area (Å²) in [5.41, 5.74) is 1.92. The summed E-state index contributed by atoms with van der Waals surface area (Å²) in [6.45, 7) is 2.02. The molecule has 3 heterocycles. The molecule has 7 nitrogen and oxygen atoms in total. The fraction of sp³-hybridized carbons (Fsp3) is 0.240. The van der Waals surface area contributed by atoms with Crippen LogP contribution in [0.1, 0.15) is 28.4 Å². The number of halogens is 4. The largest absolute Gasteiger partial charge is 0.381 e. The molecule has 186 valence electrons. The molecule has 0 fully saturated rings. The molecule has 0 saturated carbocycles. The molecule has 1 atom stereocenters. The molecule has 0 radical (unpaired) electrons. The molecule has 5 rings (SSSR count). The van der Waals surface area contributed by atoms with Crippen molar-refractivity contribution in [3.05, 3.63) is 80.8 Å². The van der Waals surface area contributed by atoms with E-state index in [1.54, 1.807) is 42.6 Å². The first kappa shape index (κ1) is 23.6. The summed E-state index contributed by atoms with van der Waals surface area (Å²) in [5, 5.41) is 3.01. The summed E-state index contributed by atoms with van der Waals surface area (Å²) >= 11 is 0. The van der Waals surface area contributed by atoms with Crippen molar-refractivity contribution in [3.8, 4) is 11.4 Å². The molecule has 2 aromatic carbocycles. The fourth-order valence-electron chi connectivity index (χ4n) is 4.61. The van der Waals surface area contributed by atoms with E-state index in [4.69, 9.17) is 0 Å². The van der Waals surface area contributed by atoms with Gasteiger partial charge in [-0.2, -0.15) is 0 Å². The van der Waals surface area contributed by atoms with Crippen molar-refractivity contribution in [1.82, 2.24) is 19.4 Å². The standard InChI is InChI=1S/C25H21F4N5O2/c1-11(6-14-21(28)15(26)9-16(27)22(14)29)31-17-4-5-30-24(35)20(17)23-32-18-7-12-10-33(2)25(36)13(12)8-19(18)34(23)3/h4-5,7-9,11H,6,10H2,1-3H3,(H2,30,31,35)/t11-/m0/s1. The van der Waals surface area contributed by atoms with E-state index in [1.165, 1.54) is 6.20 Å². The first-order valence-corrected chi connectivity index (χ1v) is 11.1. The molecular formula is C25H21F4N5O2. The molecule has 11 heteroatoms. The Morgan fingerprint density at radius 1 is 1.08 bits per heavy atom. The SMILES string of the molecule is C[C@@H](Cc1c(F)c(F)cc(F)c1F)Nc1cc[nH]c(=O)c1-c1nc2cc3c(cc2n1C)C(=O)N(C)C3. The van der Waals surface area contributed by atoms with Gasteiger partial charge in [-0.1, -0.05) is 0 Å². The van der Waals surface area contributed by atoms with E-state index < -0.39 is 40.4 Å². The van der Waals surface area contributed by atoms with Gasteiger partial charge < -0.3 is 19.8 Å². The van der Waals surface area contributed by atoms with Gasteiger partial charge in [-0.05, 0) is 37.1 Å². The minimum absolute atomic E-state index is 0.100. The Labute approximate surface area is 202 Å². The fourth-order valence-corrected chi connectivity index (χ4v) is 4.61. The highest BCUT2D eigenvalue weighted by molar-refractivity contribution is 6.02. The van der Waals surface area contributed by atoms with Gasteiger partial charge in [-0.3, -0.25) is 9.59 Å². The number of benzene rings is 2. The first-order chi connectivity index (χ1) is 17.1. The lowest BCUT2D eigenvalue weighted by atomic mass is 10.0. The predicted molar refractivity (Wildman–Crippen MR) is 126 cm³/mol. The van der Waals surface area contributed by atoms with Crippen molar-refractivity contribution in [2.45, 2.75) is 25.9 Å². The van der Waals surface area contributed by atoms with Crippen molar-refractivity contribution in [1.29, 1.82) is 0 Å². The maximum absolute atomic E-state index is 14.2. The topological polar surface area (TPSA) is 83.0 Å². The average Bonchev–Trinajstić information content (AvgIpc) is 3.29. The van der Waals surface area contributed by atoms with Crippen molar-refractivity contribution in [3.63, 3.8) is 0 Å². The summed E-state index contributed by atoms with van der Waals surface area (Å²) in [6, 6.07) is 4.55. The smallest absolute Gasteiger partial charge is 0.261 e. The molecule has 4 aromatic rings. The molecule has 2 N–H and O–H groups in total. The number of aryl methyl sites for hydroxylation is 1. The summed E-state index contributed by atoms with van der Waals surface area (Å²) in [4.78, 5) is 34.1. The number of imidazole rings is 1. The van der Waals surface area contributed by atoms with Crippen LogP contribution >= 0.6 is 0 Å². The van der Waals surface area contributed by atoms with E-state index in [1.807, 2.05) is 6.07 Å². The third kappa shape index (κ3) is 3.71. The molecule has 36 heavy (non-hydrogen) atoms. The summed E-state index contributed by atoms with van der Waals surface area (Å²) in [6.07, 6.45) is 1.01. The summed E-state index contributed by atoms with van der Waals surface area (Å²) in [5.74, 6) is -5.68. The lowest BCUT2D eigenvalue weighted by Crippen LogP contribution is -2.23. The van der Waals surface area contributed by atoms with Crippen LogP contribution in [-0.2, 0) is 20.0 Å². The number of nitrogens with zero attached hydrogens (tertiary/aromatic N) is 3. The van der Waals surface area contributed by atoms with Crippen molar-refractivity contribution >= 4 is 22.6 Å². The Hall–Kier alpha value is -4.15. The zero-order valence-corrected chi connectivity index (χ0v) is 19.5. The summed E-state index contributed by atoms with van der Waals surface area (Å²) in [7, 11) is 3.42. The molecule has 2 aromatic heterocycles. The van der Waals surface area contributed by atoms with Gasteiger partial charge in [-0.15, -0.1) is 0 Å². The van der Waals surface area contributed by atoms with E-state index >= 15 is 0 Å². The molecular weight excluding hydrogens is 478 g/mol. The number of hydrogen-bond acceptors (Lipinski definition) is 4. The molecule has 0 unspecified atom stereocenters. The monoisotopic (exact) mass is 499 g/mol.